The van der Waals surface area contributed by atoms with Gasteiger partial charge in [0.05, 0.1) is 11.3 Å². The average molecular weight is 311 g/mol. The zero-order valence-corrected chi connectivity index (χ0v) is 13.3. The van der Waals surface area contributed by atoms with Crippen molar-refractivity contribution in [3.63, 3.8) is 0 Å². The Balaban J connectivity index is 1.51. The Kier molecular flexibility index (Phi) is 3.45. The number of hydrogen-bond donors (Lipinski definition) is 1. The second-order valence-corrected chi connectivity index (χ2v) is 6.67. The fourth-order valence-electron chi connectivity index (χ4n) is 3.61. The van der Waals surface area contributed by atoms with Crippen molar-refractivity contribution in [3.05, 3.63) is 52.3 Å². The van der Waals surface area contributed by atoms with E-state index in [1.807, 2.05) is 23.9 Å². The lowest BCUT2D eigenvalue weighted by Crippen LogP contribution is -2.31. The van der Waals surface area contributed by atoms with E-state index >= 15 is 0 Å². The highest BCUT2D eigenvalue weighted by Crippen LogP contribution is 2.40. The number of carbonyl (C=O) groups is 1. The van der Waals surface area contributed by atoms with Crippen molar-refractivity contribution in [1.29, 1.82) is 0 Å². The third kappa shape index (κ3) is 2.77. The number of carboxylic acid groups (broad SMARTS) is 1. The molecule has 0 spiro atoms. The van der Waals surface area contributed by atoms with Crippen LogP contribution in [-0.2, 0) is 26.6 Å². The Morgan fingerprint density at radius 1 is 1.39 bits per heavy atom. The first-order valence-corrected chi connectivity index (χ1v) is 8.21. The third-order valence-electron chi connectivity index (χ3n) is 4.92. The number of benzene rings is 1. The van der Waals surface area contributed by atoms with Gasteiger partial charge in [0.25, 0.3) is 0 Å². The van der Waals surface area contributed by atoms with Gasteiger partial charge in [0.15, 0.2) is 0 Å². The molecule has 0 atom stereocenters. The van der Waals surface area contributed by atoms with E-state index in [2.05, 4.69) is 16.1 Å². The van der Waals surface area contributed by atoms with Crippen LogP contribution in [0.3, 0.4) is 0 Å². The summed E-state index contributed by atoms with van der Waals surface area (Å²) in [4.78, 5) is 13.7. The van der Waals surface area contributed by atoms with Crippen molar-refractivity contribution in [2.45, 2.75) is 38.3 Å². The van der Waals surface area contributed by atoms with E-state index in [1.165, 1.54) is 18.5 Å². The van der Waals surface area contributed by atoms with E-state index in [4.69, 9.17) is 0 Å². The minimum absolute atomic E-state index is 0.455. The molecule has 0 amide bonds. The molecule has 4 rings (SSSR count). The smallest absolute Gasteiger partial charge is 0.335 e. The molecule has 1 fully saturated rings. The van der Waals surface area contributed by atoms with Crippen LogP contribution in [-0.4, -0.2) is 32.3 Å². The van der Waals surface area contributed by atoms with Crippen LogP contribution >= 0.6 is 0 Å². The van der Waals surface area contributed by atoms with Crippen molar-refractivity contribution in [3.8, 4) is 0 Å². The molecule has 1 saturated carbocycles. The number of aromatic nitrogens is 2. The summed E-state index contributed by atoms with van der Waals surface area (Å²) in [6.45, 7) is 2.51. The SMILES string of the molecule is Cn1nc(CN2CCc3c(cccc3C(=O)O)C2)cc1C1CC1. The summed E-state index contributed by atoms with van der Waals surface area (Å²) in [5, 5.41) is 14.0. The van der Waals surface area contributed by atoms with Crippen LogP contribution in [0, 0.1) is 0 Å². The van der Waals surface area contributed by atoms with Crippen molar-refractivity contribution >= 4 is 5.97 Å². The molecule has 2 aliphatic rings. The van der Waals surface area contributed by atoms with Gasteiger partial charge in [-0.2, -0.15) is 5.10 Å². The number of aryl methyl sites for hydroxylation is 1. The zero-order valence-electron chi connectivity index (χ0n) is 13.3. The Morgan fingerprint density at radius 3 is 2.96 bits per heavy atom. The Morgan fingerprint density at radius 2 is 2.22 bits per heavy atom. The molecule has 5 nitrogen and oxygen atoms in total. The maximum Gasteiger partial charge on any atom is 0.335 e. The molecule has 1 aromatic carbocycles. The lowest BCUT2D eigenvalue weighted by molar-refractivity contribution is 0.0694. The first-order valence-electron chi connectivity index (χ1n) is 8.21. The van der Waals surface area contributed by atoms with Gasteiger partial charge in [-0.15, -0.1) is 0 Å². The molecule has 0 radical (unpaired) electrons. The van der Waals surface area contributed by atoms with Gasteiger partial charge in [0.1, 0.15) is 0 Å². The molecule has 2 heterocycles. The van der Waals surface area contributed by atoms with Gasteiger partial charge < -0.3 is 5.11 Å². The molecule has 2 aromatic rings. The maximum atomic E-state index is 11.3. The van der Waals surface area contributed by atoms with Crippen molar-refractivity contribution in [1.82, 2.24) is 14.7 Å². The summed E-state index contributed by atoms with van der Waals surface area (Å²) in [6, 6.07) is 7.83. The summed E-state index contributed by atoms with van der Waals surface area (Å²) in [7, 11) is 2.03. The Hall–Kier alpha value is -2.14. The van der Waals surface area contributed by atoms with Crippen molar-refractivity contribution in [2.24, 2.45) is 7.05 Å². The van der Waals surface area contributed by atoms with E-state index in [-0.39, 0.29) is 0 Å². The lowest BCUT2D eigenvalue weighted by Gasteiger charge is -2.28. The van der Waals surface area contributed by atoms with E-state index in [0.717, 1.165) is 42.9 Å². The Bertz CT molecular complexity index is 762. The predicted octanol–water partition coefficient (Wildman–Crippen LogP) is 2.55. The number of aromatic carboxylic acids is 1. The average Bonchev–Trinajstić information content (AvgIpc) is 3.30. The van der Waals surface area contributed by atoms with Crippen LogP contribution in [0.1, 0.15) is 51.6 Å². The first kappa shape index (κ1) is 14.5. The van der Waals surface area contributed by atoms with Crippen LogP contribution in [0.2, 0.25) is 0 Å². The maximum absolute atomic E-state index is 11.3. The van der Waals surface area contributed by atoms with E-state index in [9.17, 15) is 9.90 Å². The summed E-state index contributed by atoms with van der Waals surface area (Å²) < 4.78 is 2.02. The molecule has 23 heavy (non-hydrogen) atoms. The summed E-state index contributed by atoms with van der Waals surface area (Å²) in [5.41, 5.74) is 5.05. The second-order valence-electron chi connectivity index (χ2n) is 6.67. The highest BCUT2D eigenvalue weighted by Gasteiger charge is 2.28. The molecule has 120 valence electrons. The third-order valence-corrected chi connectivity index (χ3v) is 4.92. The quantitative estimate of drug-likeness (QED) is 0.943. The van der Waals surface area contributed by atoms with Gasteiger partial charge in [-0.25, -0.2) is 4.79 Å². The molecule has 5 heteroatoms. The van der Waals surface area contributed by atoms with Crippen molar-refractivity contribution < 1.29 is 9.90 Å². The van der Waals surface area contributed by atoms with Gasteiger partial charge in [-0.1, -0.05) is 12.1 Å². The monoisotopic (exact) mass is 311 g/mol. The first-order chi connectivity index (χ1) is 11.1. The lowest BCUT2D eigenvalue weighted by atomic mass is 9.94. The summed E-state index contributed by atoms with van der Waals surface area (Å²) in [5.74, 6) is -0.115. The number of rotatable bonds is 4. The van der Waals surface area contributed by atoms with Gasteiger partial charge in [-0.3, -0.25) is 9.58 Å². The van der Waals surface area contributed by atoms with Crippen LogP contribution in [0.5, 0.6) is 0 Å². The van der Waals surface area contributed by atoms with Gasteiger partial charge >= 0.3 is 5.97 Å². The summed E-state index contributed by atoms with van der Waals surface area (Å²) in [6.07, 6.45) is 3.36. The zero-order chi connectivity index (χ0) is 16.0. The van der Waals surface area contributed by atoms with Crippen LogP contribution in [0.4, 0.5) is 0 Å². The fraction of sp³-hybridized carbons (Fsp3) is 0.444. The van der Waals surface area contributed by atoms with Gasteiger partial charge in [0, 0.05) is 38.3 Å². The standard InChI is InChI=1S/C18H21N3O2/c1-20-17(12-5-6-12)9-14(19-20)11-21-8-7-15-13(10-21)3-2-4-16(15)18(22)23/h2-4,9,12H,5-8,10-11H2,1H3,(H,22,23). The van der Waals surface area contributed by atoms with E-state index in [0.29, 0.717) is 11.5 Å². The molecule has 1 aliphatic heterocycles. The van der Waals surface area contributed by atoms with Crippen molar-refractivity contribution in [2.75, 3.05) is 6.54 Å². The molecular weight excluding hydrogens is 290 g/mol. The van der Waals surface area contributed by atoms with Crippen LogP contribution in [0.15, 0.2) is 24.3 Å². The number of nitrogens with zero attached hydrogens (tertiary/aromatic N) is 3. The molecule has 1 aromatic heterocycles. The molecular formula is C18H21N3O2. The normalized spacial score (nSPS) is 18.0. The fourth-order valence-corrected chi connectivity index (χ4v) is 3.61. The molecule has 0 saturated heterocycles. The minimum atomic E-state index is -0.825. The topological polar surface area (TPSA) is 58.4 Å². The predicted molar refractivity (Wildman–Crippen MR) is 86.4 cm³/mol. The summed E-state index contributed by atoms with van der Waals surface area (Å²) >= 11 is 0. The number of carboxylic acids is 1. The molecule has 1 aliphatic carbocycles. The second kappa shape index (κ2) is 5.49. The van der Waals surface area contributed by atoms with Gasteiger partial charge in [0.2, 0.25) is 0 Å². The molecule has 0 bridgehead atoms. The van der Waals surface area contributed by atoms with E-state index in [1.54, 1.807) is 6.07 Å². The van der Waals surface area contributed by atoms with Crippen LogP contribution < -0.4 is 0 Å². The highest BCUT2D eigenvalue weighted by molar-refractivity contribution is 5.89. The highest BCUT2D eigenvalue weighted by atomic mass is 16.4. The largest absolute Gasteiger partial charge is 0.478 e. The molecule has 0 unspecified atom stereocenters. The molecule has 1 N–H and O–H groups in total. The van der Waals surface area contributed by atoms with E-state index < -0.39 is 5.97 Å². The van der Waals surface area contributed by atoms with Gasteiger partial charge in [-0.05, 0) is 42.5 Å². The minimum Gasteiger partial charge on any atom is -0.478 e. The van der Waals surface area contributed by atoms with Crippen LogP contribution in [0.25, 0.3) is 0 Å². The number of hydrogen-bond acceptors (Lipinski definition) is 3. The Labute approximate surface area is 135 Å². The number of fused-ring (bicyclic) bond motifs is 1.